The first-order chi connectivity index (χ1) is 27.8. The Labute approximate surface area is 332 Å². The molecule has 0 atom stereocenters. The van der Waals surface area contributed by atoms with Crippen LogP contribution in [0.25, 0.3) is 75.8 Å². The Morgan fingerprint density at radius 1 is 0.268 bits per heavy atom. The molecule has 0 unspecified atom stereocenters. The lowest BCUT2D eigenvalue weighted by molar-refractivity contribution is 1.29. The second kappa shape index (κ2) is 14.7. The van der Waals surface area contributed by atoms with Crippen LogP contribution in [-0.2, 0) is 0 Å². The first-order valence-corrected chi connectivity index (χ1v) is 19.9. The molecule has 1 nitrogen and oxygen atoms in total. The molecule has 2 heteroatoms. The van der Waals surface area contributed by atoms with E-state index >= 15 is 0 Å². The second-order valence-corrected chi connectivity index (χ2v) is 15.2. The molecule has 1 heterocycles. The number of thiophene rings is 1. The fourth-order valence-electron chi connectivity index (χ4n) is 8.01. The van der Waals surface area contributed by atoms with E-state index in [1.54, 1.807) is 0 Å². The topological polar surface area (TPSA) is 3.24 Å². The second-order valence-electron chi connectivity index (χ2n) is 14.1. The zero-order valence-electron chi connectivity index (χ0n) is 30.7. The number of fused-ring (bicyclic) bond motifs is 3. The molecule has 0 aliphatic heterocycles. The van der Waals surface area contributed by atoms with Crippen molar-refractivity contribution in [2.24, 2.45) is 0 Å². The summed E-state index contributed by atoms with van der Waals surface area (Å²) in [6, 6.07) is 81.3. The standard InChI is InChI=1S/C54H37NS/c1-3-15-38(16-4-1)39-27-29-40(30-28-39)41-31-33-43(34-32-41)55(44-35-36-54-51(37-44)50-24-12-14-26-53(50)56-54)52-25-13-11-23-49(52)48-22-10-9-21-47(48)46-20-8-7-19-45(46)42-17-5-2-6-18-42/h1-37H. The van der Waals surface area contributed by atoms with Gasteiger partial charge in [-0.3, -0.25) is 0 Å². The number of anilines is 3. The summed E-state index contributed by atoms with van der Waals surface area (Å²) in [6.07, 6.45) is 0. The van der Waals surface area contributed by atoms with Crippen LogP contribution in [0.15, 0.2) is 224 Å². The van der Waals surface area contributed by atoms with Gasteiger partial charge in [-0.25, -0.2) is 0 Å². The average molecular weight is 732 g/mol. The number of nitrogens with zero attached hydrogens (tertiary/aromatic N) is 1. The van der Waals surface area contributed by atoms with Crippen LogP contribution < -0.4 is 4.90 Å². The maximum atomic E-state index is 2.43. The minimum absolute atomic E-state index is 1.10. The zero-order valence-corrected chi connectivity index (χ0v) is 31.5. The van der Waals surface area contributed by atoms with Gasteiger partial charge >= 0.3 is 0 Å². The number of para-hydroxylation sites is 1. The van der Waals surface area contributed by atoms with Crippen LogP contribution in [0, 0.1) is 0 Å². The van der Waals surface area contributed by atoms with Gasteiger partial charge in [0.05, 0.1) is 5.69 Å². The van der Waals surface area contributed by atoms with Gasteiger partial charge in [-0.2, -0.15) is 0 Å². The number of benzene rings is 9. The Bertz CT molecular complexity index is 2940. The maximum Gasteiger partial charge on any atom is 0.0540 e. The summed E-state index contributed by atoms with van der Waals surface area (Å²) in [5.41, 5.74) is 15.4. The molecule has 0 spiro atoms. The van der Waals surface area contributed by atoms with Crippen molar-refractivity contribution in [1.82, 2.24) is 0 Å². The Morgan fingerprint density at radius 3 is 1.36 bits per heavy atom. The molecular formula is C54H37NS. The van der Waals surface area contributed by atoms with E-state index in [1.165, 1.54) is 75.8 Å². The van der Waals surface area contributed by atoms with Gasteiger partial charge < -0.3 is 4.90 Å². The molecule has 1 aromatic heterocycles. The summed E-state index contributed by atoms with van der Waals surface area (Å²) < 4.78 is 2.60. The van der Waals surface area contributed by atoms with Gasteiger partial charge in [-0.1, -0.05) is 182 Å². The highest BCUT2D eigenvalue weighted by molar-refractivity contribution is 7.25. The van der Waals surface area contributed by atoms with E-state index in [0.29, 0.717) is 0 Å². The van der Waals surface area contributed by atoms with Crippen molar-refractivity contribution in [2.75, 3.05) is 4.90 Å². The summed E-state index contributed by atoms with van der Waals surface area (Å²) in [5.74, 6) is 0. The van der Waals surface area contributed by atoms with Gasteiger partial charge in [0, 0.05) is 37.1 Å². The normalized spacial score (nSPS) is 11.2. The van der Waals surface area contributed by atoms with Crippen LogP contribution in [0.5, 0.6) is 0 Å². The molecule has 10 rings (SSSR count). The highest BCUT2D eigenvalue weighted by Gasteiger charge is 2.21. The highest BCUT2D eigenvalue weighted by atomic mass is 32.1. The average Bonchev–Trinajstić information content (AvgIpc) is 3.66. The molecule has 0 fully saturated rings. The van der Waals surface area contributed by atoms with Crippen LogP contribution in [0.3, 0.4) is 0 Å². The SMILES string of the molecule is c1ccc(-c2ccc(-c3ccc(N(c4ccc5sc6ccccc6c5c4)c4ccccc4-c4ccccc4-c4ccccc4-c4ccccc4)cc3)cc2)cc1. The van der Waals surface area contributed by atoms with Crippen LogP contribution in [0.1, 0.15) is 0 Å². The molecule has 0 saturated carbocycles. The predicted molar refractivity (Wildman–Crippen MR) is 241 cm³/mol. The van der Waals surface area contributed by atoms with Crippen molar-refractivity contribution in [3.8, 4) is 55.6 Å². The van der Waals surface area contributed by atoms with Crippen LogP contribution in [0.2, 0.25) is 0 Å². The smallest absolute Gasteiger partial charge is 0.0540 e. The van der Waals surface area contributed by atoms with Crippen molar-refractivity contribution in [2.45, 2.75) is 0 Å². The van der Waals surface area contributed by atoms with Crippen molar-refractivity contribution >= 4 is 48.6 Å². The van der Waals surface area contributed by atoms with Gasteiger partial charge in [0.15, 0.2) is 0 Å². The molecule has 0 aliphatic carbocycles. The zero-order chi connectivity index (χ0) is 37.3. The quantitative estimate of drug-likeness (QED) is 0.150. The number of hydrogen-bond acceptors (Lipinski definition) is 2. The molecule has 0 N–H and O–H groups in total. The molecule has 56 heavy (non-hydrogen) atoms. The maximum absolute atomic E-state index is 2.43. The first-order valence-electron chi connectivity index (χ1n) is 19.1. The van der Waals surface area contributed by atoms with Crippen molar-refractivity contribution in [1.29, 1.82) is 0 Å². The number of rotatable bonds is 8. The minimum atomic E-state index is 1.10. The van der Waals surface area contributed by atoms with E-state index in [4.69, 9.17) is 0 Å². The summed E-state index contributed by atoms with van der Waals surface area (Å²) >= 11 is 1.85. The predicted octanol–water partition coefficient (Wildman–Crippen LogP) is 15.9. The summed E-state index contributed by atoms with van der Waals surface area (Å²) in [6.45, 7) is 0. The first kappa shape index (κ1) is 33.6. The minimum Gasteiger partial charge on any atom is -0.310 e. The molecule has 9 aromatic carbocycles. The molecule has 10 aromatic rings. The lowest BCUT2D eigenvalue weighted by Crippen LogP contribution is -2.11. The molecule has 0 amide bonds. The third-order valence-electron chi connectivity index (χ3n) is 10.7. The van der Waals surface area contributed by atoms with Gasteiger partial charge in [0.1, 0.15) is 0 Å². The molecule has 0 bridgehead atoms. The van der Waals surface area contributed by atoms with Gasteiger partial charge in [-0.05, 0) is 92.5 Å². The molecule has 0 saturated heterocycles. The Kier molecular flexibility index (Phi) is 8.79. The lowest BCUT2D eigenvalue weighted by Gasteiger charge is -2.29. The Hall–Kier alpha value is -7.00. The van der Waals surface area contributed by atoms with E-state index in [0.717, 1.165) is 17.1 Å². The van der Waals surface area contributed by atoms with Crippen molar-refractivity contribution < 1.29 is 0 Å². The van der Waals surface area contributed by atoms with E-state index in [1.807, 2.05) is 11.3 Å². The largest absolute Gasteiger partial charge is 0.310 e. The highest BCUT2D eigenvalue weighted by Crippen LogP contribution is 2.46. The lowest BCUT2D eigenvalue weighted by atomic mass is 9.88. The monoisotopic (exact) mass is 731 g/mol. The molecule has 0 radical (unpaired) electrons. The fourth-order valence-corrected chi connectivity index (χ4v) is 9.09. The molecule has 0 aliphatic rings. The van der Waals surface area contributed by atoms with Gasteiger partial charge in [-0.15, -0.1) is 11.3 Å². The molecule has 264 valence electrons. The van der Waals surface area contributed by atoms with Gasteiger partial charge in [0.2, 0.25) is 0 Å². The third kappa shape index (κ3) is 6.26. The summed E-state index contributed by atoms with van der Waals surface area (Å²) in [4.78, 5) is 2.43. The molecular weight excluding hydrogens is 695 g/mol. The van der Waals surface area contributed by atoms with E-state index < -0.39 is 0 Å². The van der Waals surface area contributed by atoms with Crippen LogP contribution >= 0.6 is 11.3 Å². The van der Waals surface area contributed by atoms with Crippen LogP contribution in [-0.4, -0.2) is 0 Å². The van der Waals surface area contributed by atoms with Gasteiger partial charge in [0.25, 0.3) is 0 Å². The number of hydrogen-bond donors (Lipinski definition) is 0. The Balaban J connectivity index is 1.12. The van der Waals surface area contributed by atoms with Crippen molar-refractivity contribution in [3.63, 3.8) is 0 Å². The fraction of sp³-hybridized carbons (Fsp3) is 0. The van der Waals surface area contributed by atoms with E-state index in [2.05, 4.69) is 229 Å². The van der Waals surface area contributed by atoms with Crippen LogP contribution in [0.4, 0.5) is 17.1 Å². The van der Waals surface area contributed by atoms with Crippen molar-refractivity contribution in [3.05, 3.63) is 224 Å². The summed E-state index contributed by atoms with van der Waals surface area (Å²) in [7, 11) is 0. The summed E-state index contributed by atoms with van der Waals surface area (Å²) in [5, 5.41) is 2.57. The van der Waals surface area contributed by atoms with E-state index in [9.17, 15) is 0 Å². The van der Waals surface area contributed by atoms with E-state index in [-0.39, 0.29) is 0 Å². The third-order valence-corrected chi connectivity index (χ3v) is 11.9. The Morgan fingerprint density at radius 2 is 0.696 bits per heavy atom.